The monoisotopic (exact) mass is 421 g/mol. The summed E-state index contributed by atoms with van der Waals surface area (Å²) >= 11 is 0. The molecule has 0 spiro atoms. The first-order valence-corrected chi connectivity index (χ1v) is 9.75. The van der Waals surface area contributed by atoms with Crippen molar-refractivity contribution >= 4 is 17.5 Å². The molecule has 0 aliphatic carbocycles. The minimum atomic E-state index is -0.671. The zero-order valence-electron chi connectivity index (χ0n) is 17.4. The van der Waals surface area contributed by atoms with Crippen molar-refractivity contribution in [2.24, 2.45) is 0 Å². The molecule has 0 fully saturated rings. The van der Waals surface area contributed by atoms with Crippen molar-refractivity contribution in [3.05, 3.63) is 94.2 Å². The van der Waals surface area contributed by atoms with Gasteiger partial charge in [0.2, 0.25) is 5.78 Å². The summed E-state index contributed by atoms with van der Waals surface area (Å²) in [5, 5.41) is 0. The van der Waals surface area contributed by atoms with E-state index in [2.05, 4.69) is 0 Å². The Bertz CT molecular complexity index is 1160. The fraction of sp³-hybridized carbons (Fsp3) is 0.160. The lowest BCUT2D eigenvalue weighted by molar-refractivity contribution is 0.101. The van der Waals surface area contributed by atoms with Crippen LogP contribution < -0.4 is 14.4 Å². The van der Waals surface area contributed by atoms with Crippen LogP contribution in [0.5, 0.6) is 11.5 Å². The number of aryl methyl sites for hydroxylation is 1. The number of nitrogens with zero attached hydrogens (tertiary/aromatic N) is 1. The lowest BCUT2D eigenvalue weighted by atomic mass is 10.0. The molecule has 4 nitrogen and oxygen atoms in total. The van der Waals surface area contributed by atoms with Crippen LogP contribution in [0.1, 0.15) is 27.0 Å². The highest BCUT2D eigenvalue weighted by Crippen LogP contribution is 2.38. The fourth-order valence-electron chi connectivity index (χ4n) is 3.41. The summed E-state index contributed by atoms with van der Waals surface area (Å²) in [6.45, 7) is 1.50. The minimum Gasteiger partial charge on any atom is -0.489 e. The Hall–Kier alpha value is -3.67. The Labute approximate surface area is 179 Å². The second kappa shape index (κ2) is 8.22. The van der Waals surface area contributed by atoms with E-state index >= 15 is 0 Å². The summed E-state index contributed by atoms with van der Waals surface area (Å²) in [4.78, 5) is 14.8. The number of allylic oxidation sites excluding steroid dienone is 1. The van der Waals surface area contributed by atoms with Crippen LogP contribution in [0.25, 0.3) is 6.08 Å². The van der Waals surface area contributed by atoms with Crippen LogP contribution in [0.2, 0.25) is 0 Å². The molecular formula is C25H21F2NO3. The van der Waals surface area contributed by atoms with Gasteiger partial charge in [-0.05, 0) is 54.5 Å². The number of rotatable bonds is 5. The Balaban J connectivity index is 1.56. The van der Waals surface area contributed by atoms with E-state index in [4.69, 9.17) is 9.47 Å². The molecule has 1 aliphatic rings. The number of carbonyl (C=O) groups is 1. The molecule has 0 saturated carbocycles. The predicted molar refractivity (Wildman–Crippen MR) is 116 cm³/mol. The van der Waals surface area contributed by atoms with Crippen LogP contribution in [0, 0.1) is 18.6 Å². The number of benzene rings is 3. The zero-order chi connectivity index (χ0) is 22.1. The second-order valence-electron chi connectivity index (χ2n) is 7.53. The van der Waals surface area contributed by atoms with Gasteiger partial charge in [-0.2, -0.15) is 0 Å². The standard InChI is InChI=1S/C25H21F2NO3/c1-15-11-18(30-14-19-20(26)5-4-6-21(19)27)13-22-24(15)25(29)23(31-22)12-16-7-9-17(10-8-16)28(2)3/h4-13H,14H2,1-3H3/b23-12-. The van der Waals surface area contributed by atoms with Gasteiger partial charge < -0.3 is 14.4 Å². The van der Waals surface area contributed by atoms with Crippen LogP contribution >= 0.6 is 0 Å². The number of halogens is 2. The number of hydrogen-bond donors (Lipinski definition) is 0. The zero-order valence-corrected chi connectivity index (χ0v) is 17.4. The quantitative estimate of drug-likeness (QED) is 0.508. The largest absolute Gasteiger partial charge is 0.489 e. The van der Waals surface area contributed by atoms with Crippen LogP contribution in [-0.2, 0) is 6.61 Å². The molecule has 0 atom stereocenters. The number of hydrogen-bond acceptors (Lipinski definition) is 4. The van der Waals surface area contributed by atoms with E-state index in [0.717, 1.165) is 11.3 Å². The van der Waals surface area contributed by atoms with Gasteiger partial charge in [0.1, 0.15) is 29.7 Å². The Morgan fingerprint density at radius 1 is 1.03 bits per heavy atom. The average Bonchev–Trinajstić information content (AvgIpc) is 3.03. The third-order valence-electron chi connectivity index (χ3n) is 5.10. The number of Topliss-reactive ketones (excluding diaryl/α,β-unsaturated/α-hetero) is 1. The Morgan fingerprint density at radius 3 is 2.35 bits per heavy atom. The molecule has 0 saturated heterocycles. The van der Waals surface area contributed by atoms with Crippen molar-refractivity contribution in [2.75, 3.05) is 19.0 Å². The van der Waals surface area contributed by atoms with Gasteiger partial charge in [-0.3, -0.25) is 4.79 Å². The molecule has 0 unspecified atom stereocenters. The van der Waals surface area contributed by atoms with Crippen LogP contribution in [0.4, 0.5) is 14.5 Å². The molecule has 1 heterocycles. The molecule has 0 N–H and O–H groups in total. The molecular weight excluding hydrogens is 400 g/mol. The van der Waals surface area contributed by atoms with E-state index in [1.54, 1.807) is 25.1 Å². The summed E-state index contributed by atoms with van der Waals surface area (Å²) < 4.78 is 39.0. The fourth-order valence-corrected chi connectivity index (χ4v) is 3.41. The van der Waals surface area contributed by atoms with E-state index in [1.807, 2.05) is 43.3 Å². The summed E-state index contributed by atoms with van der Waals surface area (Å²) in [6.07, 6.45) is 1.69. The van der Waals surface area contributed by atoms with Gasteiger partial charge in [-0.1, -0.05) is 18.2 Å². The molecule has 3 aromatic carbocycles. The third-order valence-corrected chi connectivity index (χ3v) is 5.10. The maximum Gasteiger partial charge on any atom is 0.232 e. The first kappa shape index (κ1) is 20.6. The van der Waals surface area contributed by atoms with Crippen LogP contribution in [0.3, 0.4) is 0 Å². The van der Waals surface area contributed by atoms with Crippen molar-refractivity contribution in [1.29, 1.82) is 0 Å². The van der Waals surface area contributed by atoms with Crippen molar-refractivity contribution in [3.63, 3.8) is 0 Å². The van der Waals surface area contributed by atoms with E-state index in [-0.39, 0.29) is 23.7 Å². The molecule has 4 rings (SSSR count). The van der Waals surface area contributed by atoms with Gasteiger partial charge in [0, 0.05) is 25.8 Å². The molecule has 3 aromatic rings. The molecule has 0 amide bonds. The molecule has 0 radical (unpaired) electrons. The van der Waals surface area contributed by atoms with Gasteiger partial charge in [-0.25, -0.2) is 8.78 Å². The van der Waals surface area contributed by atoms with Gasteiger partial charge in [-0.15, -0.1) is 0 Å². The van der Waals surface area contributed by atoms with Gasteiger partial charge >= 0.3 is 0 Å². The van der Waals surface area contributed by atoms with Gasteiger partial charge in [0.05, 0.1) is 11.1 Å². The lowest BCUT2D eigenvalue weighted by Crippen LogP contribution is -2.08. The molecule has 158 valence electrons. The Morgan fingerprint density at radius 2 is 1.71 bits per heavy atom. The second-order valence-corrected chi connectivity index (χ2v) is 7.53. The van der Waals surface area contributed by atoms with Gasteiger partial charge in [0.15, 0.2) is 5.76 Å². The molecule has 6 heteroatoms. The number of anilines is 1. The number of ketones is 1. The van der Waals surface area contributed by atoms with E-state index in [0.29, 0.717) is 22.6 Å². The van der Waals surface area contributed by atoms with Crippen molar-refractivity contribution in [2.45, 2.75) is 13.5 Å². The number of ether oxygens (including phenoxy) is 2. The third kappa shape index (κ3) is 4.14. The maximum atomic E-state index is 13.8. The first-order chi connectivity index (χ1) is 14.8. The van der Waals surface area contributed by atoms with Crippen molar-refractivity contribution in [3.8, 4) is 11.5 Å². The van der Waals surface area contributed by atoms with Crippen LogP contribution in [-0.4, -0.2) is 19.9 Å². The molecule has 1 aliphatic heterocycles. The number of fused-ring (bicyclic) bond motifs is 1. The van der Waals surface area contributed by atoms with Crippen molar-refractivity contribution in [1.82, 2.24) is 0 Å². The normalized spacial score (nSPS) is 13.8. The first-order valence-electron chi connectivity index (χ1n) is 9.75. The molecule has 0 bridgehead atoms. The summed E-state index contributed by atoms with van der Waals surface area (Å²) in [5.74, 6) is -0.609. The van der Waals surface area contributed by atoms with E-state index in [1.165, 1.54) is 18.2 Å². The average molecular weight is 421 g/mol. The topological polar surface area (TPSA) is 38.8 Å². The number of carbonyl (C=O) groups excluding carboxylic acids is 1. The highest BCUT2D eigenvalue weighted by molar-refractivity contribution is 6.15. The van der Waals surface area contributed by atoms with Crippen molar-refractivity contribution < 1.29 is 23.0 Å². The summed E-state index contributed by atoms with van der Waals surface area (Å²) in [5.41, 5.74) is 2.86. The molecule has 31 heavy (non-hydrogen) atoms. The van der Waals surface area contributed by atoms with E-state index < -0.39 is 11.6 Å². The maximum absolute atomic E-state index is 13.8. The predicted octanol–water partition coefficient (Wildman–Crippen LogP) is 5.53. The lowest BCUT2D eigenvalue weighted by Gasteiger charge is -2.11. The van der Waals surface area contributed by atoms with Gasteiger partial charge in [0.25, 0.3) is 0 Å². The Kier molecular flexibility index (Phi) is 5.46. The highest BCUT2D eigenvalue weighted by Gasteiger charge is 2.30. The smallest absolute Gasteiger partial charge is 0.232 e. The summed E-state index contributed by atoms with van der Waals surface area (Å²) in [6, 6.07) is 14.6. The highest BCUT2D eigenvalue weighted by atomic mass is 19.1. The summed E-state index contributed by atoms with van der Waals surface area (Å²) in [7, 11) is 3.91. The minimum absolute atomic E-state index is 0.153. The molecule has 0 aromatic heterocycles. The van der Waals surface area contributed by atoms with E-state index in [9.17, 15) is 13.6 Å². The SMILES string of the molecule is Cc1cc(OCc2c(F)cccc2F)cc2c1C(=O)/C(=C/c1ccc(N(C)C)cc1)O2. The van der Waals surface area contributed by atoms with Crippen LogP contribution in [0.15, 0.2) is 60.4 Å².